The molecule has 154 valence electrons. The predicted octanol–water partition coefficient (Wildman–Crippen LogP) is -0.247. The van der Waals surface area contributed by atoms with Gasteiger partial charge in [-0.2, -0.15) is 0 Å². The number of nitrogens with one attached hydrogen (secondary N) is 2. The van der Waals surface area contributed by atoms with E-state index >= 15 is 0 Å². The fourth-order valence-electron chi connectivity index (χ4n) is 4.55. The first kappa shape index (κ1) is 18.9. The van der Waals surface area contributed by atoms with Gasteiger partial charge in [0.1, 0.15) is 6.10 Å². The SMILES string of the molecule is CNC(=O)C12CC1[C@@H](n1cnc3c(NC)nc(C#Cc4nccs4)nc31)[C@H](O)[C@@H]2O. The summed E-state index contributed by atoms with van der Waals surface area (Å²) in [7, 11) is 3.26. The summed E-state index contributed by atoms with van der Waals surface area (Å²) < 4.78 is 1.72. The second kappa shape index (κ2) is 6.73. The molecule has 2 fully saturated rings. The molecule has 0 bridgehead atoms. The van der Waals surface area contributed by atoms with Gasteiger partial charge in [0.15, 0.2) is 22.0 Å². The summed E-state index contributed by atoms with van der Waals surface area (Å²) in [6, 6.07) is -0.526. The highest BCUT2D eigenvalue weighted by Crippen LogP contribution is 2.67. The van der Waals surface area contributed by atoms with Crippen molar-refractivity contribution in [3.8, 4) is 11.8 Å². The zero-order chi connectivity index (χ0) is 21.0. The van der Waals surface area contributed by atoms with Gasteiger partial charge in [-0.15, -0.1) is 11.3 Å². The number of anilines is 1. The number of carbonyl (C=O) groups is 1. The van der Waals surface area contributed by atoms with Gasteiger partial charge in [-0.05, 0) is 18.3 Å². The Hall–Kier alpha value is -3.07. The number of amides is 1. The van der Waals surface area contributed by atoms with Crippen LogP contribution in [0.5, 0.6) is 0 Å². The van der Waals surface area contributed by atoms with E-state index in [1.54, 1.807) is 24.1 Å². The van der Waals surface area contributed by atoms with E-state index in [-0.39, 0.29) is 17.6 Å². The van der Waals surface area contributed by atoms with Gasteiger partial charge in [-0.1, -0.05) is 0 Å². The molecule has 0 saturated heterocycles. The molecular weight excluding hydrogens is 406 g/mol. The Morgan fingerprint density at radius 2 is 2.13 bits per heavy atom. The number of fused-ring (bicyclic) bond motifs is 2. The summed E-state index contributed by atoms with van der Waals surface area (Å²) in [6.45, 7) is 0. The fraction of sp³-hybridized carbons (Fsp3) is 0.421. The largest absolute Gasteiger partial charge is 0.389 e. The van der Waals surface area contributed by atoms with Crippen LogP contribution >= 0.6 is 11.3 Å². The molecule has 0 spiro atoms. The topological polar surface area (TPSA) is 138 Å². The molecule has 5 rings (SSSR count). The van der Waals surface area contributed by atoms with Gasteiger partial charge in [0.05, 0.1) is 23.9 Å². The van der Waals surface area contributed by atoms with E-state index in [1.807, 2.05) is 5.38 Å². The van der Waals surface area contributed by atoms with Crippen LogP contribution in [0.2, 0.25) is 0 Å². The van der Waals surface area contributed by atoms with Crippen LogP contribution in [0.4, 0.5) is 5.82 Å². The number of aliphatic hydroxyl groups excluding tert-OH is 2. The molecule has 2 aliphatic carbocycles. The Labute approximate surface area is 175 Å². The first-order chi connectivity index (χ1) is 14.5. The number of imidazole rings is 1. The molecule has 10 nitrogen and oxygen atoms in total. The third-order valence-electron chi connectivity index (χ3n) is 6.02. The minimum absolute atomic E-state index is 0.210. The summed E-state index contributed by atoms with van der Waals surface area (Å²) in [6.07, 6.45) is 1.47. The van der Waals surface area contributed by atoms with Crippen LogP contribution in [0.25, 0.3) is 11.2 Å². The van der Waals surface area contributed by atoms with E-state index in [0.29, 0.717) is 28.4 Å². The zero-order valence-corrected chi connectivity index (χ0v) is 17.0. The maximum Gasteiger partial charge on any atom is 0.229 e. The summed E-state index contributed by atoms with van der Waals surface area (Å²) in [5.41, 5.74) is 0.0348. The highest BCUT2D eigenvalue weighted by Gasteiger charge is 2.75. The first-order valence-electron chi connectivity index (χ1n) is 9.43. The summed E-state index contributed by atoms with van der Waals surface area (Å²) in [5, 5.41) is 29.5. The lowest BCUT2D eigenvalue weighted by atomic mass is 9.98. The molecule has 3 aromatic rings. The van der Waals surface area contributed by atoms with Crippen LogP contribution in [0.1, 0.15) is 23.3 Å². The van der Waals surface area contributed by atoms with Crippen molar-refractivity contribution in [3.63, 3.8) is 0 Å². The minimum atomic E-state index is -1.15. The second-order valence-electron chi connectivity index (χ2n) is 7.41. The number of hydrogen-bond acceptors (Lipinski definition) is 9. The average molecular weight is 425 g/mol. The quantitative estimate of drug-likeness (QED) is 0.422. The molecule has 11 heteroatoms. The van der Waals surface area contributed by atoms with E-state index in [9.17, 15) is 15.0 Å². The molecule has 2 aliphatic rings. The predicted molar refractivity (Wildman–Crippen MR) is 109 cm³/mol. The maximum absolute atomic E-state index is 12.4. The van der Waals surface area contributed by atoms with Gasteiger partial charge < -0.3 is 25.4 Å². The highest BCUT2D eigenvalue weighted by molar-refractivity contribution is 7.10. The third-order valence-corrected chi connectivity index (χ3v) is 6.70. The molecule has 2 unspecified atom stereocenters. The Morgan fingerprint density at radius 3 is 2.83 bits per heavy atom. The Kier molecular flexibility index (Phi) is 4.25. The molecule has 5 atom stereocenters. The number of aromatic nitrogens is 5. The summed E-state index contributed by atoms with van der Waals surface area (Å²) in [4.78, 5) is 29.9. The van der Waals surface area contributed by atoms with Crippen LogP contribution in [0, 0.1) is 23.2 Å². The van der Waals surface area contributed by atoms with Crippen LogP contribution in [-0.2, 0) is 4.79 Å². The van der Waals surface area contributed by atoms with Crippen molar-refractivity contribution in [2.45, 2.75) is 24.7 Å². The first-order valence-corrected chi connectivity index (χ1v) is 10.3. The monoisotopic (exact) mass is 425 g/mol. The van der Waals surface area contributed by atoms with Crippen molar-refractivity contribution in [2.75, 3.05) is 19.4 Å². The molecule has 3 aromatic heterocycles. The lowest BCUT2D eigenvalue weighted by molar-refractivity contribution is -0.132. The molecule has 0 aromatic carbocycles. The summed E-state index contributed by atoms with van der Waals surface area (Å²) in [5.74, 6) is 6.17. The number of hydrogen-bond donors (Lipinski definition) is 4. The highest BCUT2D eigenvalue weighted by atomic mass is 32.1. The van der Waals surface area contributed by atoms with E-state index in [4.69, 9.17) is 0 Å². The Morgan fingerprint density at radius 1 is 1.30 bits per heavy atom. The fourth-order valence-corrected chi connectivity index (χ4v) is 5.03. The number of rotatable bonds is 3. The molecule has 1 amide bonds. The van der Waals surface area contributed by atoms with E-state index < -0.39 is 23.7 Å². The molecule has 4 N–H and O–H groups in total. The Balaban J connectivity index is 1.59. The lowest BCUT2D eigenvalue weighted by Crippen LogP contribution is -2.41. The van der Waals surface area contributed by atoms with Crippen LogP contribution in [-0.4, -0.2) is 66.9 Å². The summed E-state index contributed by atoms with van der Waals surface area (Å²) >= 11 is 1.42. The number of thiazole rings is 1. The van der Waals surface area contributed by atoms with Crippen molar-refractivity contribution >= 4 is 34.2 Å². The minimum Gasteiger partial charge on any atom is -0.389 e. The van der Waals surface area contributed by atoms with Crippen molar-refractivity contribution < 1.29 is 15.0 Å². The van der Waals surface area contributed by atoms with Crippen LogP contribution in [0.3, 0.4) is 0 Å². The second-order valence-corrected chi connectivity index (χ2v) is 8.31. The van der Waals surface area contributed by atoms with Gasteiger partial charge in [0.25, 0.3) is 0 Å². The van der Waals surface area contributed by atoms with Gasteiger partial charge in [-0.3, -0.25) is 4.79 Å². The number of carbonyl (C=O) groups excluding carboxylic acids is 1. The number of aliphatic hydroxyl groups is 2. The van der Waals surface area contributed by atoms with Crippen molar-refractivity contribution in [3.05, 3.63) is 28.7 Å². The smallest absolute Gasteiger partial charge is 0.229 e. The van der Waals surface area contributed by atoms with Gasteiger partial charge >= 0.3 is 0 Å². The molecule has 2 saturated carbocycles. The zero-order valence-electron chi connectivity index (χ0n) is 16.2. The van der Waals surface area contributed by atoms with Crippen molar-refractivity contribution in [2.24, 2.45) is 11.3 Å². The van der Waals surface area contributed by atoms with Crippen LogP contribution < -0.4 is 10.6 Å². The van der Waals surface area contributed by atoms with E-state index in [0.717, 1.165) is 0 Å². The van der Waals surface area contributed by atoms with E-state index in [2.05, 4.69) is 42.4 Å². The lowest BCUT2D eigenvalue weighted by Gasteiger charge is -2.23. The number of nitrogens with zero attached hydrogens (tertiary/aromatic N) is 5. The molecule has 0 aliphatic heterocycles. The molecular formula is C19H19N7O3S. The van der Waals surface area contributed by atoms with Crippen molar-refractivity contribution in [1.82, 2.24) is 29.8 Å². The average Bonchev–Trinajstić information content (AvgIpc) is 3.06. The standard InChI is InChI=1S/C19H19N7O3S/c1-20-16-12-17(25-10(24-16)3-4-11-22-5-6-30-11)26(8-23-12)13-9-7-19(9,18(29)21-2)15(28)14(13)27/h5-6,8-9,13-15,27-28H,7H2,1-2H3,(H,21,29)(H,20,24,25)/t9?,13-,14+,15+,19?/m1/s1. The maximum atomic E-state index is 12.4. The van der Waals surface area contributed by atoms with Gasteiger partial charge in [0.2, 0.25) is 11.7 Å². The van der Waals surface area contributed by atoms with Crippen molar-refractivity contribution in [1.29, 1.82) is 0 Å². The van der Waals surface area contributed by atoms with Gasteiger partial charge in [0, 0.05) is 31.6 Å². The molecule has 3 heterocycles. The third kappa shape index (κ3) is 2.54. The van der Waals surface area contributed by atoms with Gasteiger partial charge in [-0.25, -0.2) is 19.9 Å². The molecule has 30 heavy (non-hydrogen) atoms. The Bertz CT molecular complexity index is 1200. The molecule has 0 radical (unpaired) electrons. The van der Waals surface area contributed by atoms with Crippen LogP contribution in [0.15, 0.2) is 17.9 Å². The van der Waals surface area contributed by atoms with E-state index in [1.165, 1.54) is 18.4 Å². The normalized spacial score (nSPS) is 29.2.